The van der Waals surface area contributed by atoms with Crippen LogP contribution in [0.2, 0.25) is 0 Å². The molecule has 6 heteroatoms. The molecule has 0 spiro atoms. The van der Waals surface area contributed by atoms with Gasteiger partial charge in [-0.1, -0.05) is 15.9 Å². The number of aliphatic carboxylic acids is 1. The van der Waals surface area contributed by atoms with Crippen LogP contribution in [0.3, 0.4) is 0 Å². The molecule has 0 fully saturated rings. The summed E-state index contributed by atoms with van der Waals surface area (Å²) in [6, 6.07) is 5.29. The molecule has 2 N–H and O–H groups in total. The number of nitrogens with one attached hydrogen (secondary N) is 1. The van der Waals surface area contributed by atoms with E-state index < -0.39 is 11.4 Å². The van der Waals surface area contributed by atoms with Crippen molar-refractivity contribution in [2.75, 3.05) is 5.32 Å². The van der Waals surface area contributed by atoms with Crippen molar-refractivity contribution in [2.45, 2.75) is 40.2 Å². The normalized spacial score (nSPS) is 11.3. The highest BCUT2D eigenvalue weighted by Crippen LogP contribution is 2.30. The number of hydrogen-bond donors (Lipinski definition) is 2. The zero-order valence-electron chi connectivity index (χ0n) is 12.6. The number of anilines is 1. The van der Waals surface area contributed by atoms with Crippen LogP contribution in [0.25, 0.3) is 0 Å². The van der Waals surface area contributed by atoms with Crippen molar-refractivity contribution in [1.82, 2.24) is 0 Å². The van der Waals surface area contributed by atoms with Crippen molar-refractivity contribution in [2.24, 2.45) is 5.41 Å². The second-order valence-corrected chi connectivity index (χ2v) is 6.64. The second kappa shape index (κ2) is 6.93. The molecule has 0 aromatic heterocycles. The summed E-state index contributed by atoms with van der Waals surface area (Å²) in [5, 5.41) is 11.8. The van der Waals surface area contributed by atoms with E-state index in [-0.39, 0.29) is 18.4 Å². The van der Waals surface area contributed by atoms with Crippen LogP contribution in [0.5, 0.6) is 5.75 Å². The minimum absolute atomic E-state index is 0.0303. The number of amides is 1. The molecular weight excluding hydrogens is 338 g/mol. The fraction of sp³-hybridized carbons (Fsp3) is 0.467. The van der Waals surface area contributed by atoms with Crippen LogP contribution in [0.15, 0.2) is 22.7 Å². The molecule has 1 rings (SSSR count). The van der Waals surface area contributed by atoms with E-state index in [1.54, 1.807) is 12.1 Å². The first-order valence-corrected chi connectivity index (χ1v) is 7.40. The van der Waals surface area contributed by atoms with Gasteiger partial charge in [0.2, 0.25) is 5.91 Å². The smallest absolute Gasteiger partial charge is 0.309 e. The summed E-state index contributed by atoms with van der Waals surface area (Å²) in [5.74, 6) is -0.825. The molecule has 0 saturated carbocycles. The van der Waals surface area contributed by atoms with Crippen LogP contribution in [-0.2, 0) is 9.59 Å². The lowest BCUT2D eigenvalue weighted by atomic mass is 9.89. The van der Waals surface area contributed by atoms with Crippen molar-refractivity contribution in [1.29, 1.82) is 0 Å². The van der Waals surface area contributed by atoms with Gasteiger partial charge in [-0.25, -0.2) is 0 Å². The van der Waals surface area contributed by atoms with Gasteiger partial charge in [-0.15, -0.1) is 0 Å². The minimum Gasteiger partial charge on any atom is -0.489 e. The molecule has 0 aliphatic heterocycles. The summed E-state index contributed by atoms with van der Waals surface area (Å²) in [4.78, 5) is 23.1. The summed E-state index contributed by atoms with van der Waals surface area (Å²) >= 11 is 3.34. The highest BCUT2D eigenvalue weighted by Gasteiger charge is 2.30. The Kier molecular flexibility index (Phi) is 5.78. The molecule has 21 heavy (non-hydrogen) atoms. The van der Waals surface area contributed by atoms with E-state index in [0.717, 1.165) is 4.47 Å². The second-order valence-electron chi connectivity index (χ2n) is 5.72. The zero-order valence-corrected chi connectivity index (χ0v) is 14.2. The summed E-state index contributed by atoms with van der Waals surface area (Å²) in [5.41, 5.74) is -0.598. The average Bonchev–Trinajstić information content (AvgIpc) is 2.31. The SMILES string of the molecule is CC(C)Oc1ccc(Br)cc1NC(=O)CC(C)(C)C(=O)O. The maximum absolute atomic E-state index is 12.0. The molecule has 0 aliphatic carbocycles. The van der Waals surface area contributed by atoms with Gasteiger partial charge in [-0.05, 0) is 45.9 Å². The van der Waals surface area contributed by atoms with Crippen LogP contribution >= 0.6 is 15.9 Å². The van der Waals surface area contributed by atoms with Gasteiger partial charge >= 0.3 is 5.97 Å². The van der Waals surface area contributed by atoms with Gasteiger partial charge in [-0.2, -0.15) is 0 Å². The van der Waals surface area contributed by atoms with Gasteiger partial charge in [0.05, 0.1) is 17.2 Å². The monoisotopic (exact) mass is 357 g/mol. The number of rotatable bonds is 6. The molecule has 5 nitrogen and oxygen atoms in total. The molecule has 0 aliphatic rings. The maximum Gasteiger partial charge on any atom is 0.309 e. The Bertz CT molecular complexity index is 540. The number of ether oxygens (including phenoxy) is 1. The van der Waals surface area contributed by atoms with E-state index >= 15 is 0 Å². The summed E-state index contributed by atoms with van der Waals surface area (Å²) in [7, 11) is 0. The predicted octanol–water partition coefficient (Wildman–Crippen LogP) is 3.68. The fourth-order valence-corrected chi connectivity index (χ4v) is 1.99. The first-order valence-electron chi connectivity index (χ1n) is 6.61. The number of carboxylic acid groups (broad SMARTS) is 1. The van der Waals surface area contributed by atoms with Crippen LogP contribution < -0.4 is 10.1 Å². The Morgan fingerprint density at radius 2 is 2.00 bits per heavy atom. The minimum atomic E-state index is -1.12. The third kappa shape index (κ3) is 5.38. The quantitative estimate of drug-likeness (QED) is 0.814. The number of carboxylic acids is 1. The number of hydrogen-bond acceptors (Lipinski definition) is 3. The zero-order chi connectivity index (χ0) is 16.2. The van der Waals surface area contributed by atoms with E-state index in [4.69, 9.17) is 9.84 Å². The van der Waals surface area contributed by atoms with Gasteiger partial charge < -0.3 is 15.2 Å². The number of carbonyl (C=O) groups is 2. The number of halogens is 1. The molecule has 1 amide bonds. The highest BCUT2D eigenvalue weighted by atomic mass is 79.9. The maximum atomic E-state index is 12.0. The lowest BCUT2D eigenvalue weighted by Gasteiger charge is -2.20. The van der Waals surface area contributed by atoms with Crippen molar-refractivity contribution < 1.29 is 19.4 Å². The van der Waals surface area contributed by atoms with E-state index in [1.807, 2.05) is 19.9 Å². The Morgan fingerprint density at radius 3 is 2.52 bits per heavy atom. The Balaban J connectivity index is 2.89. The van der Waals surface area contributed by atoms with Crippen LogP contribution in [0.1, 0.15) is 34.1 Å². The van der Waals surface area contributed by atoms with E-state index in [2.05, 4.69) is 21.2 Å². The van der Waals surface area contributed by atoms with Crippen LogP contribution in [-0.4, -0.2) is 23.1 Å². The number of benzene rings is 1. The first kappa shape index (κ1) is 17.5. The first-order chi connectivity index (χ1) is 9.61. The summed E-state index contributed by atoms with van der Waals surface area (Å²) in [6.45, 7) is 6.81. The summed E-state index contributed by atoms with van der Waals surface area (Å²) < 4.78 is 6.42. The third-order valence-electron chi connectivity index (χ3n) is 2.76. The molecular formula is C15H20BrNO4. The lowest BCUT2D eigenvalue weighted by molar-refractivity contribution is -0.148. The molecule has 0 heterocycles. The van der Waals surface area contributed by atoms with Gasteiger partial charge in [0.25, 0.3) is 0 Å². The Hall–Kier alpha value is -1.56. The molecule has 1 aromatic carbocycles. The molecule has 0 saturated heterocycles. The van der Waals surface area contributed by atoms with Gasteiger partial charge in [0, 0.05) is 10.9 Å². The molecule has 0 bridgehead atoms. The average molecular weight is 358 g/mol. The fourth-order valence-electron chi connectivity index (χ4n) is 1.63. The van der Waals surface area contributed by atoms with Crippen LogP contribution in [0.4, 0.5) is 5.69 Å². The molecule has 116 valence electrons. The number of carbonyl (C=O) groups excluding carboxylic acids is 1. The molecule has 1 aromatic rings. The van der Waals surface area contributed by atoms with Crippen molar-refractivity contribution in [3.8, 4) is 5.75 Å². The molecule has 0 atom stereocenters. The topological polar surface area (TPSA) is 75.6 Å². The largest absolute Gasteiger partial charge is 0.489 e. The van der Waals surface area contributed by atoms with Gasteiger partial charge in [-0.3, -0.25) is 9.59 Å². The Labute approximate surface area is 132 Å². The van der Waals surface area contributed by atoms with E-state index in [1.165, 1.54) is 13.8 Å². The van der Waals surface area contributed by atoms with E-state index in [9.17, 15) is 9.59 Å². The van der Waals surface area contributed by atoms with Gasteiger partial charge in [0.1, 0.15) is 5.75 Å². The van der Waals surface area contributed by atoms with Crippen molar-refractivity contribution in [3.63, 3.8) is 0 Å². The van der Waals surface area contributed by atoms with E-state index in [0.29, 0.717) is 11.4 Å². The lowest BCUT2D eigenvalue weighted by Crippen LogP contribution is -2.29. The van der Waals surface area contributed by atoms with Crippen LogP contribution in [0, 0.1) is 5.41 Å². The van der Waals surface area contributed by atoms with Gasteiger partial charge in [0.15, 0.2) is 0 Å². The molecule has 0 unspecified atom stereocenters. The van der Waals surface area contributed by atoms with Crippen molar-refractivity contribution in [3.05, 3.63) is 22.7 Å². The molecule has 0 radical (unpaired) electrons. The third-order valence-corrected chi connectivity index (χ3v) is 3.25. The Morgan fingerprint density at radius 1 is 1.38 bits per heavy atom. The standard InChI is InChI=1S/C15H20BrNO4/c1-9(2)21-12-6-5-10(16)7-11(12)17-13(18)8-15(3,4)14(19)20/h5-7,9H,8H2,1-4H3,(H,17,18)(H,19,20). The predicted molar refractivity (Wildman–Crippen MR) is 84.6 cm³/mol. The van der Waals surface area contributed by atoms with Crippen molar-refractivity contribution >= 4 is 33.5 Å². The summed E-state index contributed by atoms with van der Waals surface area (Å²) in [6.07, 6.45) is -0.145. The highest BCUT2D eigenvalue weighted by molar-refractivity contribution is 9.10.